The Morgan fingerprint density at radius 3 is 2.49 bits per heavy atom. The van der Waals surface area contributed by atoms with Crippen LogP contribution in [0.2, 0.25) is 5.02 Å². The SMILES string of the molecule is CC[C@@]12C=CCN(C)C(=O)[C@@H]1[C@H]1C(=O)N([C@H](C)CO)C3C(=O)N(c4ccccc4Cl)CC=C[C@@]31O2. The monoisotopic (exact) mass is 499 g/mol. The zero-order valence-electron chi connectivity index (χ0n) is 20.1. The number of rotatable bonds is 4. The molecule has 35 heavy (non-hydrogen) atoms. The summed E-state index contributed by atoms with van der Waals surface area (Å²) in [6.07, 6.45) is 7.88. The van der Waals surface area contributed by atoms with Crippen LogP contribution in [0.1, 0.15) is 20.3 Å². The fraction of sp³-hybridized carbons (Fsp3) is 0.500. The highest BCUT2D eigenvalue weighted by Gasteiger charge is 2.75. The van der Waals surface area contributed by atoms with Crippen LogP contribution in [0.15, 0.2) is 48.6 Å². The standard InChI is InChI=1S/C26H30ClN3O5/c1-4-25-11-7-13-28(3)22(32)19(25)20-23(33)30(16(2)15-31)21-24(34)29(14-8-12-26(20,21)35-25)18-10-6-5-9-17(18)27/h5-12,16,19-21,31H,4,13-15H2,1-3H3/t16-,19+,20+,21?,25-,26+/m1/s1. The molecule has 186 valence electrons. The summed E-state index contributed by atoms with van der Waals surface area (Å²) in [6, 6.07) is 5.35. The van der Waals surface area contributed by atoms with E-state index in [0.717, 1.165) is 0 Å². The maximum absolute atomic E-state index is 14.3. The van der Waals surface area contributed by atoms with Gasteiger partial charge >= 0.3 is 0 Å². The Morgan fingerprint density at radius 2 is 1.80 bits per heavy atom. The van der Waals surface area contributed by atoms with Crippen LogP contribution in [0.5, 0.6) is 0 Å². The van der Waals surface area contributed by atoms with Crippen LogP contribution in [0.25, 0.3) is 0 Å². The Hall–Kier alpha value is -2.68. The van der Waals surface area contributed by atoms with Gasteiger partial charge in [0.25, 0.3) is 5.91 Å². The van der Waals surface area contributed by atoms with Crippen molar-refractivity contribution >= 4 is 35.0 Å². The highest BCUT2D eigenvalue weighted by molar-refractivity contribution is 6.34. The summed E-state index contributed by atoms with van der Waals surface area (Å²) in [7, 11) is 1.71. The summed E-state index contributed by atoms with van der Waals surface area (Å²) in [5.41, 5.74) is -1.84. The lowest BCUT2D eigenvalue weighted by atomic mass is 9.73. The first-order chi connectivity index (χ1) is 16.7. The third kappa shape index (κ3) is 3.23. The second-order valence-electron chi connectivity index (χ2n) is 9.82. The van der Waals surface area contributed by atoms with Crippen molar-refractivity contribution < 1.29 is 24.2 Å². The van der Waals surface area contributed by atoms with Crippen LogP contribution >= 0.6 is 11.6 Å². The summed E-state index contributed by atoms with van der Waals surface area (Å²) in [5.74, 6) is -2.57. The number of aliphatic hydroxyl groups excluding tert-OH is 1. The van der Waals surface area contributed by atoms with E-state index in [0.29, 0.717) is 23.7 Å². The van der Waals surface area contributed by atoms with E-state index in [1.54, 1.807) is 54.1 Å². The van der Waals surface area contributed by atoms with Crippen molar-refractivity contribution in [1.29, 1.82) is 0 Å². The Kier molecular flexibility index (Phi) is 5.81. The molecule has 0 aromatic heterocycles. The molecule has 0 radical (unpaired) electrons. The number of benzene rings is 1. The molecule has 0 saturated carbocycles. The lowest BCUT2D eigenvalue weighted by molar-refractivity contribution is -0.151. The molecule has 4 aliphatic heterocycles. The summed E-state index contributed by atoms with van der Waals surface area (Å²) >= 11 is 6.45. The zero-order valence-corrected chi connectivity index (χ0v) is 20.8. The molecule has 1 aromatic rings. The number of hydrogen-bond donors (Lipinski definition) is 1. The number of halogens is 1. The number of fused-ring (bicyclic) bond motifs is 2. The molecule has 5 rings (SSSR count). The zero-order chi connectivity index (χ0) is 25.1. The van der Waals surface area contributed by atoms with Crippen molar-refractivity contribution in [3.63, 3.8) is 0 Å². The van der Waals surface area contributed by atoms with Crippen LogP contribution in [0, 0.1) is 11.8 Å². The normalized spacial score (nSPS) is 35.1. The Labute approximate surface area is 209 Å². The number of carbonyl (C=O) groups excluding carboxylic acids is 3. The maximum atomic E-state index is 14.3. The van der Waals surface area contributed by atoms with Gasteiger partial charge in [0, 0.05) is 20.1 Å². The van der Waals surface area contributed by atoms with Crippen molar-refractivity contribution in [3.05, 3.63) is 53.6 Å². The molecule has 1 aromatic carbocycles. The smallest absolute Gasteiger partial charge is 0.253 e. The van der Waals surface area contributed by atoms with E-state index >= 15 is 0 Å². The van der Waals surface area contributed by atoms with Gasteiger partial charge in [-0.2, -0.15) is 0 Å². The van der Waals surface area contributed by atoms with Crippen molar-refractivity contribution in [1.82, 2.24) is 9.80 Å². The van der Waals surface area contributed by atoms with Gasteiger partial charge in [0.2, 0.25) is 11.8 Å². The van der Waals surface area contributed by atoms with E-state index in [4.69, 9.17) is 16.3 Å². The van der Waals surface area contributed by atoms with Gasteiger partial charge in [-0.15, -0.1) is 0 Å². The molecule has 8 nitrogen and oxygen atoms in total. The van der Waals surface area contributed by atoms with E-state index in [1.165, 1.54) is 4.90 Å². The van der Waals surface area contributed by atoms with Gasteiger partial charge in [-0.1, -0.05) is 55.0 Å². The van der Waals surface area contributed by atoms with Gasteiger partial charge in [0.15, 0.2) is 0 Å². The lowest BCUT2D eigenvalue weighted by Crippen LogP contribution is -2.58. The molecule has 1 spiro atoms. The number of nitrogens with zero attached hydrogens (tertiary/aromatic N) is 3. The summed E-state index contributed by atoms with van der Waals surface area (Å²) in [5, 5.41) is 10.4. The van der Waals surface area contributed by atoms with Gasteiger partial charge in [-0.3, -0.25) is 14.4 Å². The number of para-hydroxylation sites is 1. The number of carbonyl (C=O) groups is 3. The Bertz CT molecular complexity index is 1140. The Balaban J connectivity index is 1.71. The minimum Gasteiger partial charge on any atom is -0.394 e. The third-order valence-electron chi connectivity index (χ3n) is 7.96. The largest absolute Gasteiger partial charge is 0.394 e. The van der Waals surface area contributed by atoms with Gasteiger partial charge < -0.3 is 24.5 Å². The highest BCUT2D eigenvalue weighted by Crippen LogP contribution is 2.59. The molecule has 1 unspecified atom stereocenters. The van der Waals surface area contributed by atoms with Gasteiger partial charge in [-0.25, -0.2) is 0 Å². The summed E-state index contributed by atoms with van der Waals surface area (Å²) in [6.45, 7) is 3.96. The fourth-order valence-electron chi connectivity index (χ4n) is 6.27. The molecule has 9 heteroatoms. The van der Waals surface area contributed by atoms with Crippen molar-refractivity contribution in [3.8, 4) is 0 Å². The van der Waals surface area contributed by atoms with Gasteiger partial charge in [-0.05, 0) is 25.5 Å². The van der Waals surface area contributed by atoms with Crippen LogP contribution in [-0.4, -0.2) is 82.7 Å². The minimum atomic E-state index is -1.35. The van der Waals surface area contributed by atoms with E-state index in [-0.39, 0.29) is 30.9 Å². The summed E-state index contributed by atoms with van der Waals surface area (Å²) < 4.78 is 6.83. The predicted molar refractivity (Wildman–Crippen MR) is 131 cm³/mol. The quantitative estimate of drug-likeness (QED) is 0.640. The number of likely N-dealkylation sites (tertiary alicyclic amines) is 1. The Morgan fingerprint density at radius 1 is 1.09 bits per heavy atom. The topological polar surface area (TPSA) is 90.4 Å². The number of ether oxygens (including phenoxy) is 1. The number of amides is 3. The number of aliphatic hydroxyl groups is 1. The summed E-state index contributed by atoms with van der Waals surface area (Å²) in [4.78, 5) is 46.6. The second kappa shape index (κ2) is 8.47. The molecule has 4 aliphatic rings. The van der Waals surface area contributed by atoms with E-state index in [2.05, 4.69) is 0 Å². The van der Waals surface area contributed by atoms with E-state index in [9.17, 15) is 19.5 Å². The molecule has 6 atom stereocenters. The molecule has 0 bridgehead atoms. The van der Waals surface area contributed by atoms with Crippen molar-refractivity contribution in [2.75, 3.05) is 31.6 Å². The molecular formula is C26H30ClN3O5. The molecule has 2 fully saturated rings. The first kappa shape index (κ1) is 24.0. The number of likely N-dealkylation sites (N-methyl/N-ethyl adjacent to an activating group) is 1. The van der Waals surface area contributed by atoms with Crippen molar-refractivity contribution in [2.45, 2.75) is 43.6 Å². The maximum Gasteiger partial charge on any atom is 0.253 e. The van der Waals surface area contributed by atoms with E-state index in [1.807, 2.05) is 25.2 Å². The third-order valence-corrected chi connectivity index (χ3v) is 8.28. The molecule has 3 amide bonds. The second-order valence-corrected chi connectivity index (χ2v) is 10.2. The molecule has 4 heterocycles. The van der Waals surface area contributed by atoms with E-state index < -0.39 is 35.1 Å². The van der Waals surface area contributed by atoms with Crippen LogP contribution in [-0.2, 0) is 19.1 Å². The van der Waals surface area contributed by atoms with Crippen molar-refractivity contribution in [2.24, 2.45) is 11.8 Å². The molecule has 1 N–H and O–H groups in total. The van der Waals surface area contributed by atoms with Crippen LogP contribution < -0.4 is 4.90 Å². The average Bonchev–Trinajstić information content (AvgIpc) is 3.16. The van der Waals surface area contributed by atoms with Gasteiger partial charge in [0.05, 0.1) is 40.8 Å². The average molecular weight is 500 g/mol. The first-order valence-electron chi connectivity index (χ1n) is 12.0. The first-order valence-corrected chi connectivity index (χ1v) is 12.4. The van der Waals surface area contributed by atoms with Crippen LogP contribution in [0.3, 0.4) is 0 Å². The van der Waals surface area contributed by atoms with Gasteiger partial charge in [0.1, 0.15) is 11.6 Å². The predicted octanol–water partition coefficient (Wildman–Crippen LogP) is 2.01. The highest BCUT2D eigenvalue weighted by atomic mass is 35.5. The van der Waals surface area contributed by atoms with Crippen LogP contribution in [0.4, 0.5) is 5.69 Å². The number of anilines is 1. The minimum absolute atomic E-state index is 0.183. The lowest BCUT2D eigenvalue weighted by Gasteiger charge is -2.40. The fourth-order valence-corrected chi connectivity index (χ4v) is 6.51. The molecule has 0 aliphatic carbocycles. The molecular weight excluding hydrogens is 470 g/mol. The molecule has 2 saturated heterocycles. The number of hydrogen-bond acceptors (Lipinski definition) is 5.